The highest BCUT2D eigenvalue weighted by Gasteiger charge is 2.53. The van der Waals surface area contributed by atoms with Crippen LogP contribution in [0.3, 0.4) is 0 Å². The van der Waals surface area contributed by atoms with E-state index in [4.69, 9.17) is 33.2 Å². The van der Waals surface area contributed by atoms with Crippen molar-refractivity contribution in [1.29, 1.82) is 0 Å². The minimum Gasteiger partial charge on any atom is -0.463 e. The second-order valence-electron chi connectivity index (χ2n) is 9.65. The van der Waals surface area contributed by atoms with Gasteiger partial charge in [0.1, 0.15) is 31.2 Å². The Kier molecular flexibility index (Phi) is 11.6. The summed E-state index contributed by atoms with van der Waals surface area (Å²) in [6.45, 7) is 3.06. The third-order valence-electron chi connectivity index (χ3n) is 6.23. The molecule has 0 radical (unpaired) electrons. The summed E-state index contributed by atoms with van der Waals surface area (Å²) in [7, 11) is 0. The van der Waals surface area contributed by atoms with Gasteiger partial charge in [-0.15, -0.1) is 0 Å². The fraction of sp³-hybridized carbons (Fsp3) is 0.393. The lowest BCUT2D eigenvalue weighted by Gasteiger charge is -2.45. The summed E-state index contributed by atoms with van der Waals surface area (Å²) < 4.78 is 37.6. The first kappa shape index (κ1) is 34.8. The normalized spacial score (nSPS) is 20.4. The van der Waals surface area contributed by atoms with Gasteiger partial charge < -0.3 is 33.2 Å². The molecule has 0 amide bonds. The zero-order chi connectivity index (χ0) is 34.1. The largest absolute Gasteiger partial charge is 0.514 e. The van der Waals surface area contributed by atoms with Crippen LogP contribution in [0.4, 0.5) is 16.2 Å². The average molecular weight is 649 g/mol. The Morgan fingerprint density at radius 2 is 1.26 bits per heavy atom. The maximum Gasteiger partial charge on any atom is 0.514 e. The third kappa shape index (κ3) is 9.42. The van der Waals surface area contributed by atoms with E-state index in [-0.39, 0.29) is 22.6 Å². The minimum absolute atomic E-state index is 0.0456. The quantitative estimate of drug-likeness (QED) is 0.112. The Labute approximate surface area is 259 Å². The van der Waals surface area contributed by atoms with Gasteiger partial charge >= 0.3 is 30.0 Å². The summed E-state index contributed by atoms with van der Waals surface area (Å²) in [5.74, 6) is -3.41. The molecule has 1 fully saturated rings. The summed E-state index contributed by atoms with van der Waals surface area (Å²) >= 11 is 0. The number of rotatable bonds is 11. The molecule has 5 atom stereocenters. The van der Waals surface area contributed by atoms with Crippen LogP contribution >= 0.6 is 0 Å². The van der Waals surface area contributed by atoms with Gasteiger partial charge in [-0.05, 0) is 23.8 Å². The Bertz CT molecular complexity index is 1510. The predicted octanol–water partition coefficient (Wildman–Crippen LogP) is 3.02. The second kappa shape index (κ2) is 15.4. The number of nitro benzene ring substituents is 2. The first-order valence-electron chi connectivity index (χ1n) is 13.3. The highest BCUT2D eigenvalue weighted by atomic mass is 16.7. The molecule has 1 aliphatic rings. The van der Waals surface area contributed by atoms with Crippen molar-refractivity contribution in [2.45, 2.75) is 64.8 Å². The van der Waals surface area contributed by atoms with Crippen molar-refractivity contribution in [3.8, 4) is 5.75 Å². The summed E-state index contributed by atoms with van der Waals surface area (Å²) in [5.41, 5.74) is -0.689. The second-order valence-corrected chi connectivity index (χ2v) is 9.65. The summed E-state index contributed by atoms with van der Waals surface area (Å²) in [5, 5.41) is 22.5. The van der Waals surface area contributed by atoms with Crippen LogP contribution in [-0.4, -0.2) is 70.9 Å². The van der Waals surface area contributed by atoms with Crippen molar-refractivity contribution in [3.05, 3.63) is 73.8 Å². The van der Waals surface area contributed by atoms with Gasteiger partial charge in [-0.1, -0.05) is 0 Å². The fourth-order valence-corrected chi connectivity index (χ4v) is 4.49. The van der Waals surface area contributed by atoms with Crippen LogP contribution in [0.15, 0.2) is 42.5 Å². The van der Waals surface area contributed by atoms with E-state index in [9.17, 15) is 44.2 Å². The lowest BCUT2D eigenvalue weighted by atomic mass is 9.88. The zero-order valence-electron chi connectivity index (χ0n) is 24.8. The van der Waals surface area contributed by atoms with E-state index in [1.807, 2.05) is 0 Å². The Balaban J connectivity index is 2.03. The van der Waals surface area contributed by atoms with Crippen LogP contribution in [0, 0.1) is 20.2 Å². The molecule has 3 rings (SSSR count). The maximum atomic E-state index is 12.5. The van der Waals surface area contributed by atoms with Crippen LogP contribution in [0.1, 0.15) is 44.9 Å². The van der Waals surface area contributed by atoms with E-state index in [1.165, 1.54) is 6.07 Å². The van der Waals surface area contributed by atoms with E-state index in [2.05, 4.69) is 0 Å². The fourth-order valence-electron chi connectivity index (χ4n) is 4.49. The highest BCUT2D eigenvalue weighted by Crippen LogP contribution is 2.40. The van der Waals surface area contributed by atoms with Gasteiger partial charge in [0, 0.05) is 57.5 Å². The molecule has 0 bridgehead atoms. The van der Waals surface area contributed by atoms with Crippen molar-refractivity contribution in [1.82, 2.24) is 0 Å². The maximum absolute atomic E-state index is 12.5. The topological polar surface area (TPSA) is 236 Å². The van der Waals surface area contributed by atoms with Gasteiger partial charge in [-0.25, -0.2) is 4.79 Å². The Morgan fingerprint density at radius 1 is 0.717 bits per heavy atom. The van der Waals surface area contributed by atoms with Crippen molar-refractivity contribution in [3.63, 3.8) is 0 Å². The number of non-ortho nitro benzene ring substituents is 2. The highest BCUT2D eigenvalue weighted by molar-refractivity contribution is 5.69. The van der Waals surface area contributed by atoms with Crippen LogP contribution < -0.4 is 4.74 Å². The molecule has 1 aliphatic heterocycles. The first-order valence-corrected chi connectivity index (χ1v) is 13.3. The number of ether oxygens (including phenoxy) is 7. The standard InChI is InChI=1S/C28H28N2O16/c1-14(31)40-13-23-25(42-15(2)32)27(44-17(4)34)26(43-16(3)33)24(46-23)22-10-7-20(30(38)39)11-18(22)12-41-28(35)45-21-8-5-19(6-9-21)29(36)37/h5-11,23-27H,12-13H2,1-4H3/t23-,24+,25+,26+,27+/m1/s1. The van der Waals surface area contributed by atoms with E-state index in [0.717, 1.165) is 64.1 Å². The molecule has 1 heterocycles. The molecule has 2 aromatic rings. The smallest absolute Gasteiger partial charge is 0.463 e. The lowest BCUT2D eigenvalue weighted by molar-refractivity contribution is -0.385. The molecule has 0 unspecified atom stereocenters. The molecule has 2 aromatic carbocycles. The van der Waals surface area contributed by atoms with Gasteiger partial charge in [0.25, 0.3) is 11.4 Å². The molecule has 18 nitrogen and oxygen atoms in total. The molecule has 46 heavy (non-hydrogen) atoms. The molecule has 18 heteroatoms. The van der Waals surface area contributed by atoms with Gasteiger partial charge in [-0.3, -0.25) is 39.4 Å². The van der Waals surface area contributed by atoms with Crippen molar-refractivity contribution in [2.24, 2.45) is 0 Å². The predicted molar refractivity (Wildman–Crippen MR) is 148 cm³/mol. The van der Waals surface area contributed by atoms with E-state index in [0.29, 0.717) is 0 Å². The van der Waals surface area contributed by atoms with E-state index in [1.54, 1.807) is 0 Å². The summed E-state index contributed by atoms with van der Waals surface area (Å²) in [6, 6.07) is 7.83. The number of benzene rings is 2. The molecular weight excluding hydrogens is 620 g/mol. The lowest BCUT2D eigenvalue weighted by Crippen LogP contribution is -2.59. The van der Waals surface area contributed by atoms with Gasteiger partial charge in [0.2, 0.25) is 0 Å². The molecule has 1 saturated heterocycles. The number of esters is 4. The molecule has 0 spiro atoms. The molecule has 0 aliphatic carbocycles. The number of hydrogen-bond acceptors (Lipinski definition) is 16. The molecule has 0 saturated carbocycles. The minimum atomic E-state index is -1.54. The Hall–Kier alpha value is -5.65. The van der Waals surface area contributed by atoms with Crippen LogP contribution in [-0.2, 0) is 54.2 Å². The van der Waals surface area contributed by atoms with Gasteiger partial charge in [0.15, 0.2) is 18.3 Å². The third-order valence-corrected chi connectivity index (χ3v) is 6.23. The molecule has 0 N–H and O–H groups in total. The van der Waals surface area contributed by atoms with E-state index < -0.39 is 89.3 Å². The van der Waals surface area contributed by atoms with E-state index >= 15 is 0 Å². The number of carbonyl (C=O) groups is 5. The zero-order valence-corrected chi connectivity index (χ0v) is 24.8. The molecular formula is C28H28N2O16. The number of carbonyl (C=O) groups excluding carboxylic acids is 5. The van der Waals surface area contributed by atoms with Crippen LogP contribution in [0.5, 0.6) is 5.75 Å². The van der Waals surface area contributed by atoms with Gasteiger partial charge in [-0.2, -0.15) is 0 Å². The monoisotopic (exact) mass is 648 g/mol. The molecule has 246 valence electrons. The van der Waals surface area contributed by atoms with Crippen molar-refractivity contribution < 1.29 is 67.0 Å². The van der Waals surface area contributed by atoms with Gasteiger partial charge in [0.05, 0.1) is 9.85 Å². The number of nitrogens with zero attached hydrogens (tertiary/aromatic N) is 2. The first-order chi connectivity index (χ1) is 21.7. The number of nitro groups is 2. The van der Waals surface area contributed by atoms with Crippen molar-refractivity contribution in [2.75, 3.05) is 6.61 Å². The van der Waals surface area contributed by atoms with Crippen molar-refractivity contribution >= 4 is 41.4 Å². The average Bonchev–Trinajstić information content (AvgIpc) is 2.96. The number of hydrogen-bond donors (Lipinski definition) is 0. The Morgan fingerprint density at radius 3 is 1.80 bits per heavy atom. The summed E-state index contributed by atoms with van der Waals surface area (Å²) in [6.07, 6.45) is -8.54. The molecule has 0 aromatic heterocycles. The SMILES string of the molecule is CC(=O)OC[C@H]1O[C@@H](c2ccc([N+](=O)[O-])cc2COC(=O)Oc2ccc([N+](=O)[O-])cc2)[C@H](OC(C)=O)[C@@H](OC(C)=O)[C@H]1OC(C)=O. The van der Waals surface area contributed by atoms with Crippen LogP contribution in [0.2, 0.25) is 0 Å². The summed E-state index contributed by atoms with van der Waals surface area (Å²) in [4.78, 5) is 81.5. The van der Waals surface area contributed by atoms with Crippen LogP contribution in [0.25, 0.3) is 0 Å².